The minimum atomic E-state index is -0.638. The lowest BCUT2D eigenvalue weighted by molar-refractivity contribution is 0.0237. The van der Waals surface area contributed by atoms with Crippen LogP contribution in [-0.2, 0) is 4.74 Å². The van der Waals surface area contributed by atoms with Crippen molar-refractivity contribution in [2.45, 2.75) is 6.10 Å². The zero-order valence-corrected chi connectivity index (χ0v) is 12.4. The Morgan fingerprint density at radius 1 is 1.38 bits per heavy atom. The molecule has 0 saturated carbocycles. The number of methoxy groups -OCH3 is 1. The van der Waals surface area contributed by atoms with E-state index in [1.54, 1.807) is 13.2 Å². The fourth-order valence-electron chi connectivity index (χ4n) is 1.71. The van der Waals surface area contributed by atoms with Gasteiger partial charge in [-0.1, -0.05) is 18.2 Å². The van der Waals surface area contributed by atoms with Crippen molar-refractivity contribution >= 4 is 0 Å². The SMILES string of the molecule is C=CCOC[C@@H](O)CN(N)CCOc1ccccc1OC. The summed E-state index contributed by atoms with van der Waals surface area (Å²) in [5, 5.41) is 11.2. The number of benzene rings is 1. The maximum Gasteiger partial charge on any atom is 0.161 e. The van der Waals surface area contributed by atoms with Crippen molar-refractivity contribution in [1.29, 1.82) is 0 Å². The number of para-hydroxylation sites is 2. The van der Waals surface area contributed by atoms with Gasteiger partial charge in [-0.3, -0.25) is 5.84 Å². The Morgan fingerprint density at radius 3 is 2.76 bits per heavy atom. The molecular formula is C15H24N2O4. The predicted octanol–water partition coefficient (Wildman–Crippen LogP) is 0.813. The largest absolute Gasteiger partial charge is 0.493 e. The first kappa shape index (κ1) is 17.5. The first-order valence-electron chi connectivity index (χ1n) is 6.79. The second-order valence-electron chi connectivity index (χ2n) is 4.47. The minimum absolute atomic E-state index is 0.229. The average molecular weight is 296 g/mol. The van der Waals surface area contributed by atoms with Crippen LogP contribution in [-0.4, -0.2) is 56.2 Å². The van der Waals surface area contributed by atoms with E-state index < -0.39 is 6.10 Å². The molecule has 6 heteroatoms. The Balaban J connectivity index is 2.23. The first-order chi connectivity index (χ1) is 10.2. The van der Waals surface area contributed by atoms with E-state index in [0.717, 1.165) is 0 Å². The highest BCUT2D eigenvalue weighted by atomic mass is 16.5. The summed E-state index contributed by atoms with van der Waals surface area (Å²) >= 11 is 0. The monoisotopic (exact) mass is 296 g/mol. The van der Waals surface area contributed by atoms with Gasteiger partial charge in [0.15, 0.2) is 11.5 Å². The van der Waals surface area contributed by atoms with Crippen molar-refractivity contribution in [3.63, 3.8) is 0 Å². The van der Waals surface area contributed by atoms with E-state index >= 15 is 0 Å². The van der Waals surface area contributed by atoms with E-state index in [2.05, 4.69) is 6.58 Å². The normalized spacial score (nSPS) is 12.2. The first-order valence-corrected chi connectivity index (χ1v) is 6.79. The molecule has 1 rings (SSSR count). The Kier molecular flexibility index (Phi) is 8.45. The van der Waals surface area contributed by atoms with Crippen LogP contribution >= 0.6 is 0 Å². The number of nitrogens with two attached hydrogens (primary N) is 1. The van der Waals surface area contributed by atoms with Crippen LogP contribution in [0.3, 0.4) is 0 Å². The summed E-state index contributed by atoms with van der Waals surface area (Å²) in [5.41, 5.74) is 0. The zero-order chi connectivity index (χ0) is 15.5. The Hall–Kier alpha value is -1.60. The van der Waals surface area contributed by atoms with Gasteiger partial charge in [-0.2, -0.15) is 0 Å². The number of ether oxygens (including phenoxy) is 3. The maximum atomic E-state index is 9.70. The molecule has 1 aromatic carbocycles. The van der Waals surface area contributed by atoms with E-state index in [-0.39, 0.29) is 6.61 Å². The summed E-state index contributed by atoms with van der Waals surface area (Å²) in [6.07, 6.45) is 0.995. The number of aliphatic hydroxyl groups excluding tert-OH is 1. The standard InChI is InChI=1S/C15H24N2O4/c1-3-9-20-12-13(18)11-17(16)8-10-21-15-7-5-4-6-14(15)19-2/h3-7,13,18H,1,8-12,16H2,2H3/t13-/m0/s1. The van der Waals surface area contributed by atoms with E-state index in [1.807, 2.05) is 24.3 Å². The number of hydrogen-bond donors (Lipinski definition) is 2. The van der Waals surface area contributed by atoms with Crippen molar-refractivity contribution in [1.82, 2.24) is 5.01 Å². The highest BCUT2D eigenvalue weighted by molar-refractivity contribution is 5.39. The Morgan fingerprint density at radius 2 is 2.10 bits per heavy atom. The van der Waals surface area contributed by atoms with Gasteiger partial charge in [0.25, 0.3) is 0 Å². The molecule has 0 amide bonds. The maximum absolute atomic E-state index is 9.70. The predicted molar refractivity (Wildman–Crippen MR) is 81.3 cm³/mol. The van der Waals surface area contributed by atoms with Crippen molar-refractivity contribution in [3.05, 3.63) is 36.9 Å². The van der Waals surface area contributed by atoms with Gasteiger partial charge in [-0.25, -0.2) is 5.01 Å². The molecule has 6 nitrogen and oxygen atoms in total. The molecule has 0 unspecified atom stereocenters. The molecule has 3 N–H and O–H groups in total. The van der Waals surface area contributed by atoms with Gasteiger partial charge in [-0.15, -0.1) is 6.58 Å². The third-order valence-corrected chi connectivity index (χ3v) is 2.70. The lowest BCUT2D eigenvalue weighted by Crippen LogP contribution is -2.42. The number of hydrogen-bond acceptors (Lipinski definition) is 6. The number of rotatable bonds is 11. The summed E-state index contributed by atoms with van der Waals surface area (Å²) in [4.78, 5) is 0. The lowest BCUT2D eigenvalue weighted by Gasteiger charge is -2.20. The Labute approximate surface area is 125 Å². The third-order valence-electron chi connectivity index (χ3n) is 2.70. The fraction of sp³-hybridized carbons (Fsp3) is 0.467. The van der Waals surface area contributed by atoms with Crippen LogP contribution in [0, 0.1) is 0 Å². The quantitative estimate of drug-likeness (QED) is 0.272. The molecule has 0 saturated heterocycles. The highest BCUT2D eigenvalue weighted by Crippen LogP contribution is 2.25. The molecule has 0 radical (unpaired) electrons. The van der Waals surface area contributed by atoms with Gasteiger partial charge < -0.3 is 19.3 Å². The van der Waals surface area contributed by atoms with Crippen LogP contribution in [0.5, 0.6) is 11.5 Å². The molecule has 1 aromatic rings. The number of nitrogens with zero attached hydrogens (tertiary/aromatic N) is 1. The second-order valence-corrected chi connectivity index (χ2v) is 4.47. The number of hydrazine groups is 1. The van der Waals surface area contributed by atoms with Gasteiger partial charge in [0, 0.05) is 13.1 Å². The van der Waals surface area contributed by atoms with Crippen LogP contribution in [0.2, 0.25) is 0 Å². The smallest absolute Gasteiger partial charge is 0.161 e. The van der Waals surface area contributed by atoms with Crippen LogP contribution in [0.4, 0.5) is 0 Å². The second kappa shape index (κ2) is 10.2. The minimum Gasteiger partial charge on any atom is -0.493 e. The van der Waals surface area contributed by atoms with Gasteiger partial charge in [-0.05, 0) is 12.1 Å². The Bertz CT molecular complexity index is 414. The van der Waals surface area contributed by atoms with E-state index in [0.29, 0.717) is 37.8 Å². The zero-order valence-electron chi connectivity index (χ0n) is 12.4. The molecule has 0 aliphatic rings. The number of aliphatic hydroxyl groups is 1. The summed E-state index contributed by atoms with van der Waals surface area (Å²) in [5.74, 6) is 7.15. The van der Waals surface area contributed by atoms with Crippen molar-refractivity contribution in [2.75, 3.05) is 40.0 Å². The molecule has 21 heavy (non-hydrogen) atoms. The molecule has 0 fully saturated rings. The molecular weight excluding hydrogens is 272 g/mol. The molecule has 0 aromatic heterocycles. The molecule has 1 atom stereocenters. The molecule has 0 spiro atoms. The van der Waals surface area contributed by atoms with Crippen molar-refractivity contribution < 1.29 is 19.3 Å². The highest BCUT2D eigenvalue weighted by Gasteiger charge is 2.09. The summed E-state index contributed by atoms with van der Waals surface area (Å²) < 4.78 is 15.9. The van der Waals surface area contributed by atoms with Gasteiger partial charge >= 0.3 is 0 Å². The van der Waals surface area contributed by atoms with E-state index in [9.17, 15) is 5.11 Å². The van der Waals surface area contributed by atoms with Crippen LogP contribution in [0.1, 0.15) is 0 Å². The fourth-order valence-corrected chi connectivity index (χ4v) is 1.71. The van der Waals surface area contributed by atoms with E-state index in [1.165, 1.54) is 5.01 Å². The molecule has 118 valence electrons. The van der Waals surface area contributed by atoms with Gasteiger partial charge in [0.2, 0.25) is 0 Å². The van der Waals surface area contributed by atoms with Crippen LogP contribution in [0.25, 0.3) is 0 Å². The molecule has 0 heterocycles. The molecule has 0 aliphatic heterocycles. The summed E-state index contributed by atoms with van der Waals surface area (Å²) in [6, 6.07) is 7.41. The third kappa shape index (κ3) is 7.10. The molecule has 0 bridgehead atoms. The van der Waals surface area contributed by atoms with Crippen molar-refractivity contribution in [3.8, 4) is 11.5 Å². The summed E-state index contributed by atoms with van der Waals surface area (Å²) in [7, 11) is 1.59. The van der Waals surface area contributed by atoms with Crippen LogP contribution in [0.15, 0.2) is 36.9 Å². The van der Waals surface area contributed by atoms with E-state index in [4.69, 9.17) is 20.1 Å². The van der Waals surface area contributed by atoms with Gasteiger partial charge in [0.05, 0.1) is 26.4 Å². The topological polar surface area (TPSA) is 77.2 Å². The average Bonchev–Trinajstić information content (AvgIpc) is 2.48. The van der Waals surface area contributed by atoms with Crippen molar-refractivity contribution in [2.24, 2.45) is 5.84 Å². The summed E-state index contributed by atoms with van der Waals surface area (Å²) in [6.45, 7) is 5.37. The molecule has 0 aliphatic carbocycles. The van der Waals surface area contributed by atoms with Gasteiger partial charge in [0.1, 0.15) is 6.61 Å². The van der Waals surface area contributed by atoms with Crippen LogP contribution < -0.4 is 15.3 Å². The lowest BCUT2D eigenvalue weighted by atomic mass is 10.3.